The fraction of sp³-hybridized carbons (Fsp3) is 0.500. The molecule has 2 rings (SSSR count). The molecule has 2 N–H and O–H groups in total. The summed E-state index contributed by atoms with van der Waals surface area (Å²) < 4.78 is 6.62. The van der Waals surface area contributed by atoms with E-state index in [0.717, 1.165) is 19.7 Å². The standard InChI is InChI=1S/C16H24N2OS/c1-4-18(12(2)11-19-3)10-14-13-7-5-6-8-15(13)20-16(14)9-17/h5-8,12H,4,9-11,17H2,1-3H3. The molecule has 20 heavy (non-hydrogen) atoms. The minimum atomic E-state index is 0.411. The molecule has 0 saturated heterocycles. The third-order valence-electron chi connectivity index (χ3n) is 3.77. The molecule has 2 aromatic rings. The Morgan fingerprint density at radius 1 is 1.35 bits per heavy atom. The molecule has 1 atom stereocenters. The number of rotatable bonds is 7. The quantitative estimate of drug-likeness (QED) is 0.851. The Bertz CT molecular complexity index is 552. The van der Waals surface area contributed by atoms with E-state index in [-0.39, 0.29) is 0 Å². The van der Waals surface area contributed by atoms with Crippen LogP contribution in [0.4, 0.5) is 0 Å². The maximum atomic E-state index is 5.93. The fourth-order valence-corrected chi connectivity index (χ4v) is 3.71. The van der Waals surface area contributed by atoms with E-state index in [0.29, 0.717) is 12.6 Å². The van der Waals surface area contributed by atoms with Gasteiger partial charge < -0.3 is 10.5 Å². The van der Waals surface area contributed by atoms with Gasteiger partial charge in [0.25, 0.3) is 0 Å². The van der Waals surface area contributed by atoms with Crippen molar-refractivity contribution in [3.05, 3.63) is 34.7 Å². The molecule has 0 fully saturated rings. The summed E-state index contributed by atoms with van der Waals surface area (Å²) in [5.41, 5.74) is 7.32. The summed E-state index contributed by atoms with van der Waals surface area (Å²) in [4.78, 5) is 3.74. The fourth-order valence-electron chi connectivity index (χ4n) is 2.62. The number of hydrogen-bond donors (Lipinski definition) is 1. The molecule has 0 amide bonds. The molecule has 1 aromatic carbocycles. The van der Waals surface area contributed by atoms with E-state index >= 15 is 0 Å². The van der Waals surface area contributed by atoms with Crippen LogP contribution in [0.3, 0.4) is 0 Å². The van der Waals surface area contributed by atoms with E-state index in [4.69, 9.17) is 10.5 Å². The lowest BCUT2D eigenvalue weighted by molar-refractivity contribution is 0.0984. The molecule has 1 unspecified atom stereocenters. The summed E-state index contributed by atoms with van der Waals surface area (Å²) in [6.07, 6.45) is 0. The van der Waals surface area contributed by atoms with Crippen LogP contribution in [0.2, 0.25) is 0 Å². The number of nitrogens with zero attached hydrogens (tertiary/aromatic N) is 1. The Hall–Kier alpha value is -0.940. The first-order chi connectivity index (χ1) is 9.71. The van der Waals surface area contributed by atoms with Gasteiger partial charge in [-0.25, -0.2) is 0 Å². The van der Waals surface area contributed by atoms with Gasteiger partial charge in [0.15, 0.2) is 0 Å². The van der Waals surface area contributed by atoms with Crippen molar-refractivity contribution < 1.29 is 4.74 Å². The molecule has 3 nitrogen and oxygen atoms in total. The molecule has 0 spiro atoms. The molecule has 4 heteroatoms. The minimum absolute atomic E-state index is 0.411. The van der Waals surface area contributed by atoms with Crippen LogP contribution in [0.25, 0.3) is 10.1 Å². The van der Waals surface area contributed by atoms with Crippen molar-refractivity contribution in [1.82, 2.24) is 4.90 Å². The van der Waals surface area contributed by atoms with E-state index in [1.807, 2.05) is 11.3 Å². The van der Waals surface area contributed by atoms with Gasteiger partial charge in [-0.2, -0.15) is 0 Å². The molecular formula is C16H24N2OS. The number of fused-ring (bicyclic) bond motifs is 1. The molecule has 0 aliphatic rings. The van der Waals surface area contributed by atoms with Crippen molar-refractivity contribution in [2.75, 3.05) is 20.3 Å². The van der Waals surface area contributed by atoms with Gasteiger partial charge in [0.05, 0.1) is 6.61 Å². The van der Waals surface area contributed by atoms with Gasteiger partial charge in [0, 0.05) is 35.8 Å². The lowest BCUT2D eigenvalue weighted by Crippen LogP contribution is -2.35. The first kappa shape index (κ1) is 15.4. The molecule has 0 aliphatic heterocycles. The smallest absolute Gasteiger partial charge is 0.0615 e. The lowest BCUT2D eigenvalue weighted by atomic mass is 10.1. The van der Waals surface area contributed by atoms with Crippen LogP contribution >= 0.6 is 11.3 Å². The second-order valence-electron chi connectivity index (χ2n) is 5.07. The summed E-state index contributed by atoms with van der Waals surface area (Å²) in [6, 6.07) is 8.99. The Kier molecular flexibility index (Phi) is 5.54. The van der Waals surface area contributed by atoms with E-state index in [1.165, 1.54) is 20.5 Å². The number of hydrogen-bond acceptors (Lipinski definition) is 4. The van der Waals surface area contributed by atoms with Gasteiger partial charge >= 0.3 is 0 Å². The first-order valence-electron chi connectivity index (χ1n) is 7.13. The Balaban J connectivity index is 2.31. The highest BCUT2D eigenvalue weighted by Crippen LogP contribution is 2.32. The van der Waals surface area contributed by atoms with Crippen molar-refractivity contribution in [2.24, 2.45) is 5.73 Å². The second kappa shape index (κ2) is 7.18. The van der Waals surface area contributed by atoms with E-state index in [2.05, 4.69) is 43.0 Å². The highest BCUT2D eigenvalue weighted by atomic mass is 32.1. The summed E-state index contributed by atoms with van der Waals surface area (Å²) >= 11 is 1.82. The topological polar surface area (TPSA) is 38.5 Å². The van der Waals surface area contributed by atoms with Crippen molar-refractivity contribution in [3.8, 4) is 0 Å². The van der Waals surface area contributed by atoms with Crippen LogP contribution in [-0.2, 0) is 17.8 Å². The summed E-state index contributed by atoms with van der Waals surface area (Å²) in [6.45, 7) is 7.74. The molecule has 110 valence electrons. The maximum absolute atomic E-state index is 5.93. The van der Waals surface area contributed by atoms with Crippen molar-refractivity contribution in [2.45, 2.75) is 33.0 Å². The van der Waals surface area contributed by atoms with E-state index < -0.39 is 0 Å². The van der Waals surface area contributed by atoms with Crippen LogP contribution in [-0.4, -0.2) is 31.2 Å². The lowest BCUT2D eigenvalue weighted by Gasteiger charge is -2.27. The number of ether oxygens (including phenoxy) is 1. The number of nitrogens with two attached hydrogens (primary N) is 1. The monoisotopic (exact) mass is 292 g/mol. The first-order valence-corrected chi connectivity index (χ1v) is 7.95. The second-order valence-corrected chi connectivity index (χ2v) is 6.21. The molecule has 0 aliphatic carbocycles. The SMILES string of the molecule is CCN(Cc1c(CN)sc2ccccc12)C(C)COC. The Labute approximate surface area is 125 Å². The molecule has 1 aromatic heterocycles. The summed E-state index contributed by atoms with van der Waals surface area (Å²) in [5, 5.41) is 1.35. The molecule has 0 saturated carbocycles. The number of likely N-dealkylation sites (N-methyl/N-ethyl adjacent to an activating group) is 1. The zero-order chi connectivity index (χ0) is 14.5. The highest BCUT2D eigenvalue weighted by Gasteiger charge is 2.17. The predicted octanol–water partition coefficient (Wildman–Crippen LogP) is 3.22. The molecule has 1 heterocycles. The summed E-state index contributed by atoms with van der Waals surface area (Å²) in [7, 11) is 1.76. The number of thiophene rings is 1. The number of methoxy groups -OCH3 is 1. The van der Waals surface area contributed by atoms with Gasteiger partial charge in [-0.1, -0.05) is 25.1 Å². The van der Waals surface area contributed by atoms with Gasteiger partial charge in [-0.15, -0.1) is 11.3 Å². The molecule has 0 radical (unpaired) electrons. The van der Waals surface area contributed by atoms with Gasteiger partial charge in [-0.3, -0.25) is 4.90 Å². The van der Waals surface area contributed by atoms with Gasteiger partial charge in [0.1, 0.15) is 0 Å². The third-order valence-corrected chi connectivity index (χ3v) is 5.00. The number of benzene rings is 1. The molecular weight excluding hydrogens is 268 g/mol. The average Bonchev–Trinajstić information content (AvgIpc) is 2.82. The normalized spacial score (nSPS) is 13.2. The van der Waals surface area contributed by atoms with Crippen LogP contribution < -0.4 is 5.73 Å². The highest BCUT2D eigenvalue weighted by molar-refractivity contribution is 7.19. The summed E-state index contributed by atoms with van der Waals surface area (Å²) in [5.74, 6) is 0. The van der Waals surface area contributed by atoms with Crippen LogP contribution in [0.15, 0.2) is 24.3 Å². The molecule has 0 bridgehead atoms. The minimum Gasteiger partial charge on any atom is -0.383 e. The average molecular weight is 292 g/mol. The van der Waals surface area contributed by atoms with Gasteiger partial charge in [0.2, 0.25) is 0 Å². The zero-order valence-corrected chi connectivity index (χ0v) is 13.4. The Morgan fingerprint density at radius 3 is 2.75 bits per heavy atom. The van der Waals surface area contributed by atoms with Crippen LogP contribution in [0.1, 0.15) is 24.3 Å². The van der Waals surface area contributed by atoms with E-state index in [1.54, 1.807) is 7.11 Å². The Morgan fingerprint density at radius 2 is 2.10 bits per heavy atom. The predicted molar refractivity (Wildman–Crippen MR) is 87.1 cm³/mol. The largest absolute Gasteiger partial charge is 0.383 e. The van der Waals surface area contributed by atoms with Crippen LogP contribution in [0, 0.1) is 0 Å². The van der Waals surface area contributed by atoms with Crippen LogP contribution in [0.5, 0.6) is 0 Å². The zero-order valence-electron chi connectivity index (χ0n) is 12.6. The van der Waals surface area contributed by atoms with Crippen molar-refractivity contribution >= 4 is 21.4 Å². The third kappa shape index (κ3) is 3.20. The van der Waals surface area contributed by atoms with Crippen molar-refractivity contribution in [3.63, 3.8) is 0 Å². The maximum Gasteiger partial charge on any atom is 0.0615 e. The van der Waals surface area contributed by atoms with Gasteiger partial charge in [-0.05, 0) is 30.5 Å². The van der Waals surface area contributed by atoms with Crippen molar-refractivity contribution in [1.29, 1.82) is 0 Å². The van der Waals surface area contributed by atoms with E-state index in [9.17, 15) is 0 Å².